The number of hydrogen-bond donors (Lipinski definition) is 3. The summed E-state index contributed by atoms with van der Waals surface area (Å²) in [4.78, 5) is 27.7. The minimum atomic E-state index is -4.78. The molecule has 1 aromatic heterocycles. The van der Waals surface area contributed by atoms with Crippen LogP contribution in [0, 0.1) is 0 Å². The molecule has 140 valence electrons. The molecule has 1 aromatic carbocycles. The third kappa shape index (κ3) is 4.61. The molecule has 26 heavy (non-hydrogen) atoms. The van der Waals surface area contributed by atoms with Crippen molar-refractivity contribution in [3.05, 3.63) is 18.2 Å². The van der Waals surface area contributed by atoms with Gasteiger partial charge < -0.3 is 21.1 Å². The number of hydrogen-bond acceptors (Lipinski definition) is 6. The van der Waals surface area contributed by atoms with Crippen LogP contribution in [0.25, 0.3) is 10.2 Å². The van der Waals surface area contributed by atoms with Gasteiger partial charge in [0.15, 0.2) is 5.13 Å². The van der Waals surface area contributed by atoms with E-state index in [4.69, 9.17) is 5.73 Å². The third-order valence-corrected chi connectivity index (χ3v) is 4.72. The van der Waals surface area contributed by atoms with Gasteiger partial charge in [-0.05, 0) is 25.0 Å². The molecule has 0 saturated heterocycles. The average Bonchev–Trinajstić information content (AvgIpc) is 3.14. The Hall–Kier alpha value is -2.40. The second-order valence-corrected chi connectivity index (χ2v) is 6.98. The monoisotopic (exact) mass is 388 g/mol. The van der Waals surface area contributed by atoms with Crippen LogP contribution >= 0.6 is 11.3 Å². The molecule has 2 amide bonds. The zero-order valence-corrected chi connectivity index (χ0v) is 14.2. The van der Waals surface area contributed by atoms with E-state index >= 15 is 0 Å². The molecule has 11 heteroatoms. The Morgan fingerprint density at radius 1 is 1.31 bits per heavy atom. The maximum atomic E-state index is 12.3. The van der Waals surface area contributed by atoms with Crippen LogP contribution in [0.4, 0.5) is 18.3 Å². The molecule has 0 aliphatic heterocycles. The van der Waals surface area contributed by atoms with Gasteiger partial charge >= 0.3 is 6.36 Å². The third-order valence-electron chi connectivity index (χ3n) is 3.78. The first-order valence-corrected chi connectivity index (χ1v) is 8.47. The predicted molar refractivity (Wildman–Crippen MR) is 88.7 cm³/mol. The molecule has 1 aliphatic carbocycles. The van der Waals surface area contributed by atoms with Gasteiger partial charge in [-0.25, -0.2) is 4.98 Å². The van der Waals surface area contributed by atoms with E-state index in [-0.39, 0.29) is 35.7 Å². The zero-order chi connectivity index (χ0) is 18.9. The average molecular weight is 388 g/mol. The van der Waals surface area contributed by atoms with Crippen molar-refractivity contribution in [2.45, 2.75) is 31.2 Å². The molecular formula is C15H15F3N4O3S. The molecule has 0 unspecified atom stereocenters. The molecule has 1 saturated carbocycles. The fourth-order valence-corrected chi connectivity index (χ4v) is 3.38. The molecule has 1 heterocycles. The summed E-state index contributed by atoms with van der Waals surface area (Å²) in [6.45, 7) is -0.149. The molecule has 2 aromatic rings. The van der Waals surface area contributed by atoms with Crippen LogP contribution < -0.4 is 21.1 Å². The SMILES string of the molecule is NCC(=O)NC1(CC(=O)Nc2nc3ccc(OC(F)(F)F)cc3s2)CC1. The van der Waals surface area contributed by atoms with Crippen LogP contribution in [-0.2, 0) is 9.59 Å². The number of anilines is 1. The number of nitrogens with two attached hydrogens (primary N) is 1. The lowest BCUT2D eigenvalue weighted by molar-refractivity contribution is -0.274. The highest BCUT2D eigenvalue weighted by atomic mass is 32.1. The van der Waals surface area contributed by atoms with Crippen LogP contribution in [0.1, 0.15) is 19.3 Å². The van der Waals surface area contributed by atoms with Crippen molar-refractivity contribution in [3.8, 4) is 5.75 Å². The van der Waals surface area contributed by atoms with E-state index in [1.54, 1.807) is 0 Å². The number of benzene rings is 1. The molecule has 0 spiro atoms. The largest absolute Gasteiger partial charge is 0.573 e. The van der Waals surface area contributed by atoms with Crippen molar-refractivity contribution in [2.24, 2.45) is 5.73 Å². The van der Waals surface area contributed by atoms with Gasteiger partial charge in [-0.1, -0.05) is 11.3 Å². The normalized spacial score (nSPS) is 15.5. The number of nitrogens with zero attached hydrogens (tertiary/aromatic N) is 1. The van der Waals surface area contributed by atoms with E-state index in [1.165, 1.54) is 12.1 Å². The second-order valence-electron chi connectivity index (χ2n) is 5.95. The van der Waals surface area contributed by atoms with Gasteiger partial charge in [0.1, 0.15) is 5.75 Å². The number of carbonyl (C=O) groups is 2. The van der Waals surface area contributed by atoms with E-state index in [9.17, 15) is 22.8 Å². The van der Waals surface area contributed by atoms with Crippen molar-refractivity contribution in [2.75, 3.05) is 11.9 Å². The number of aromatic nitrogens is 1. The van der Waals surface area contributed by atoms with Gasteiger partial charge in [-0.15, -0.1) is 13.2 Å². The lowest BCUT2D eigenvalue weighted by Crippen LogP contribution is -2.42. The fraction of sp³-hybridized carbons (Fsp3) is 0.400. The molecule has 1 fully saturated rings. The standard InChI is InChI=1S/C15H15F3N4O3S/c16-15(17,18)25-8-1-2-9-10(5-8)26-13(20-9)21-11(23)6-14(3-4-14)22-12(24)7-19/h1-2,5H,3-4,6-7,19H2,(H,22,24)(H,20,21,23). The maximum Gasteiger partial charge on any atom is 0.573 e. The lowest BCUT2D eigenvalue weighted by atomic mass is 10.1. The molecule has 0 radical (unpaired) electrons. The fourth-order valence-electron chi connectivity index (χ4n) is 2.47. The summed E-state index contributed by atoms with van der Waals surface area (Å²) in [6.07, 6.45) is -3.33. The number of thiazole rings is 1. The lowest BCUT2D eigenvalue weighted by Gasteiger charge is -2.15. The molecule has 7 nitrogen and oxygen atoms in total. The number of nitrogens with one attached hydrogen (secondary N) is 2. The summed E-state index contributed by atoms with van der Waals surface area (Å²) in [7, 11) is 0. The van der Waals surface area contributed by atoms with Crippen molar-refractivity contribution >= 4 is 38.5 Å². The number of amides is 2. The quantitative estimate of drug-likeness (QED) is 0.703. The van der Waals surface area contributed by atoms with Gasteiger partial charge in [-0.3, -0.25) is 9.59 Å². The maximum absolute atomic E-state index is 12.3. The Morgan fingerprint density at radius 3 is 2.65 bits per heavy atom. The van der Waals surface area contributed by atoms with Gasteiger partial charge in [-0.2, -0.15) is 0 Å². The number of halogens is 3. The van der Waals surface area contributed by atoms with Crippen LogP contribution in [0.3, 0.4) is 0 Å². The number of fused-ring (bicyclic) bond motifs is 1. The molecule has 3 rings (SSSR count). The Kier molecular flexibility index (Phi) is 4.76. The van der Waals surface area contributed by atoms with E-state index in [0.29, 0.717) is 23.1 Å². The Bertz CT molecular complexity index is 848. The Morgan fingerprint density at radius 2 is 2.04 bits per heavy atom. The highest BCUT2D eigenvalue weighted by Crippen LogP contribution is 2.39. The smallest absolute Gasteiger partial charge is 0.406 e. The van der Waals surface area contributed by atoms with Crippen molar-refractivity contribution in [1.82, 2.24) is 10.3 Å². The highest BCUT2D eigenvalue weighted by Gasteiger charge is 2.45. The second kappa shape index (κ2) is 6.72. The molecular weight excluding hydrogens is 373 g/mol. The van der Waals surface area contributed by atoms with E-state index in [0.717, 1.165) is 17.4 Å². The molecule has 1 aliphatic rings. The van der Waals surface area contributed by atoms with Gasteiger partial charge in [0.2, 0.25) is 11.8 Å². The Balaban J connectivity index is 1.65. The minimum Gasteiger partial charge on any atom is -0.406 e. The molecule has 4 N–H and O–H groups in total. The first kappa shape index (κ1) is 18.4. The number of carbonyl (C=O) groups excluding carboxylic acids is 2. The summed E-state index contributed by atoms with van der Waals surface area (Å²) in [5.41, 5.74) is 5.13. The summed E-state index contributed by atoms with van der Waals surface area (Å²) in [5.74, 6) is -1.02. The van der Waals surface area contributed by atoms with Gasteiger partial charge in [0.05, 0.1) is 23.2 Å². The first-order valence-electron chi connectivity index (χ1n) is 7.65. The zero-order valence-electron chi connectivity index (χ0n) is 13.4. The van der Waals surface area contributed by atoms with Crippen LogP contribution in [0.15, 0.2) is 18.2 Å². The molecule has 0 bridgehead atoms. The van der Waals surface area contributed by atoms with Crippen LogP contribution in [0.2, 0.25) is 0 Å². The number of alkyl halides is 3. The van der Waals surface area contributed by atoms with Crippen molar-refractivity contribution in [1.29, 1.82) is 0 Å². The van der Waals surface area contributed by atoms with E-state index in [1.807, 2.05) is 0 Å². The number of ether oxygens (including phenoxy) is 1. The molecule has 0 atom stereocenters. The van der Waals surface area contributed by atoms with Crippen LogP contribution in [-0.4, -0.2) is 35.2 Å². The summed E-state index contributed by atoms with van der Waals surface area (Å²) >= 11 is 1.03. The topological polar surface area (TPSA) is 106 Å². The van der Waals surface area contributed by atoms with E-state index in [2.05, 4.69) is 20.4 Å². The van der Waals surface area contributed by atoms with Crippen LogP contribution in [0.5, 0.6) is 5.75 Å². The highest BCUT2D eigenvalue weighted by molar-refractivity contribution is 7.22. The minimum absolute atomic E-state index is 0.0805. The summed E-state index contributed by atoms with van der Waals surface area (Å²) in [5, 5.41) is 5.59. The first-order chi connectivity index (χ1) is 12.2. The van der Waals surface area contributed by atoms with Crippen molar-refractivity contribution in [3.63, 3.8) is 0 Å². The predicted octanol–water partition coefficient (Wildman–Crippen LogP) is 2.13. The Labute approximate surface area is 149 Å². The number of rotatable bonds is 6. The van der Waals surface area contributed by atoms with Gasteiger partial charge in [0, 0.05) is 11.6 Å². The summed E-state index contributed by atoms with van der Waals surface area (Å²) < 4.78 is 41.1. The van der Waals surface area contributed by atoms with E-state index < -0.39 is 11.9 Å². The summed E-state index contributed by atoms with van der Waals surface area (Å²) in [6, 6.07) is 3.75. The van der Waals surface area contributed by atoms with Gasteiger partial charge in [0.25, 0.3) is 0 Å². The van der Waals surface area contributed by atoms with Crippen molar-refractivity contribution < 1.29 is 27.5 Å².